The number of hydrogen-bond acceptors (Lipinski definition) is 4. The maximum atomic E-state index is 5.72. The van der Waals surface area contributed by atoms with E-state index >= 15 is 0 Å². The summed E-state index contributed by atoms with van der Waals surface area (Å²) in [6.45, 7) is 5.18. The fourth-order valence-corrected chi connectivity index (χ4v) is 2.12. The zero-order valence-corrected chi connectivity index (χ0v) is 10.9. The highest BCUT2D eigenvalue weighted by molar-refractivity contribution is 5.14. The van der Waals surface area contributed by atoms with E-state index in [-0.39, 0.29) is 11.6 Å². The molecular formula is C12H25N3O. The lowest BCUT2D eigenvalue weighted by Crippen LogP contribution is -2.59. The highest BCUT2D eigenvalue weighted by Crippen LogP contribution is 2.27. The molecule has 0 spiro atoms. The normalized spacial score (nSPS) is 22.2. The van der Waals surface area contributed by atoms with E-state index in [9.17, 15) is 0 Å². The second-order valence-electron chi connectivity index (χ2n) is 4.80. The van der Waals surface area contributed by atoms with Crippen LogP contribution in [0.3, 0.4) is 0 Å². The van der Waals surface area contributed by atoms with Gasteiger partial charge in [-0.2, -0.15) is 0 Å². The van der Waals surface area contributed by atoms with Gasteiger partial charge in [-0.25, -0.2) is 5.43 Å². The standard InChI is InChI=1S/C12H25N3O/c1-5-12(2,15(3)4)11(14-13)10-8-6-7-9-16-10/h8,11,14H,5-7,9,13H2,1-4H3. The fourth-order valence-electron chi connectivity index (χ4n) is 2.12. The molecule has 0 saturated heterocycles. The van der Waals surface area contributed by atoms with Crippen LogP contribution in [0.15, 0.2) is 11.8 Å². The third-order valence-corrected chi connectivity index (χ3v) is 3.77. The molecule has 0 aromatic rings. The molecular weight excluding hydrogens is 202 g/mol. The summed E-state index contributed by atoms with van der Waals surface area (Å²) in [5, 5.41) is 0. The average Bonchev–Trinajstić information content (AvgIpc) is 2.30. The van der Waals surface area contributed by atoms with Crippen LogP contribution < -0.4 is 11.3 Å². The Hall–Kier alpha value is -0.580. The molecule has 1 rings (SSSR count). The monoisotopic (exact) mass is 227 g/mol. The van der Waals surface area contributed by atoms with Gasteiger partial charge in [-0.05, 0) is 46.4 Å². The number of rotatable bonds is 5. The summed E-state index contributed by atoms with van der Waals surface area (Å²) < 4.78 is 5.72. The molecule has 0 fully saturated rings. The van der Waals surface area contributed by atoms with E-state index in [2.05, 4.69) is 44.3 Å². The van der Waals surface area contributed by atoms with Gasteiger partial charge in [0.25, 0.3) is 0 Å². The first-order valence-electron chi connectivity index (χ1n) is 6.02. The van der Waals surface area contributed by atoms with Crippen molar-refractivity contribution in [3.05, 3.63) is 11.8 Å². The number of nitrogens with zero attached hydrogens (tertiary/aromatic N) is 1. The SMILES string of the molecule is CCC(C)(C(NN)C1=CCCCO1)N(C)C. The first-order valence-corrected chi connectivity index (χ1v) is 6.02. The van der Waals surface area contributed by atoms with Gasteiger partial charge in [0.2, 0.25) is 0 Å². The largest absolute Gasteiger partial charge is 0.496 e. The lowest BCUT2D eigenvalue weighted by molar-refractivity contribution is 0.0768. The van der Waals surface area contributed by atoms with Gasteiger partial charge in [-0.3, -0.25) is 5.84 Å². The predicted molar refractivity (Wildman–Crippen MR) is 66.8 cm³/mol. The lowest BCUT2D eigenvalue weighted by atomic mass is 9.86. The van der Waals surface area contributed by atoms with Crippen LogP contribution in [0.5, 0.6) is 0 Å². The maximum absolute atomic E-state index is 5.72. The van der Waals surface area contributed by atoms with Crippen LogP contribution in [0, 0.1) is 0 Å². The predicted octanol–water partition coefficient (Wildman–Crippen LogP) is 1.24. The number of hydrazine groups is 1. The van der Waals surface area contributed by atoms with Crippen LogP contribution in [0.2, 0.25) is 0 Å². The van der Waals surface area contributed by atoms with Crippen LogP contribution in [0.1, 0.15) is 33.1 Å². The van der Waals surface area contributed by atoms with Crippen molar-refractivity contribution >= 4 is 0 Å². The van der Waals surface area contributed by atoms with Gasteiger partial charge in [0.15, 0.2) is 0 Å². The van der Waals surface area contributed by atoms with Gasteiger partial charge in [0.05, 0.1) is 12.6 Å². The van der Waals surface area contributed by atoms with E-state index in [1.54, 1.807) is 0 Å². The van der Waals surface area contributed by atoms with Crippen molar-refractivity contribution in [3.8, 4) is 0 Å². The number of likely N-dealkylation sites (N-methyl/N-ethyl adjacent to an activating group) is 1. The minimum Gasteiger partial charge on any atom is -0.496 e. The second kappa shape index (κ2) is 5.66. The van der Waals surface area contributed by atoms with Crippen LogP contribution in [-0.4, -0.2) is 37.2 Å². The van der Waals surface area contributed by atoms with Gasteiger partial charge >= 0.3 is 0 Å². The topological polar surface area (TPSA) is 50.5 Å². The molecule has 1 heterocycles. The smallest absolute Gasteiger partial charge is 0.112 e. The highest BCUT2D eigenvalue weighted by atomic mass is 16.5. The third kappa shape index (κ3) is 2.56. The zero-order valence-electron chi connectivity index (χ0n) is 10.9. The van der Waals surface area contributed by atoms with Crippen molar-refractivity contribution in [3.63, 3.8) is 0 Å². The maximum Gasteiger partial charge on any atom is 0.112 e. The summed E-state index contributed by atoms with van der Waals surface area (Å²) in [6.07, 6.45) is 5.35. The van der Waals surface area contributed by atoms with E-state index in [4.69, 9.17) is 10.6 Å². The fraction of sp³-hybridized carbons (Fsp3) is 0.833. The van der Waals surface area contributed by atoms with Crippen molar-refractivity contribution < 1.29 is 4.74 Å². The van der Waals surface area contributed by atoms with Crippen LogP contribution in [0.25, 0.3) is 0 Å². The van der Waals surface area contributed by atoms with Gasteiger partial charge in [-0.15, -0.1) is 0 Å². The Kier molecular flexibility index (Phi) is 4.77. The van der Waals surface area contributed by atoms with Crippen molar-refractivity contribution in [1.82, 2.24) is 10.3 Å². The molecule has 0 radical (unpaired) electrons. The summed E-state index contributed by atoms with van der Waals surface area (Å²) >= 11 is 0. The van der Waals surface area contributed by atoms with E-state index in [1.165, 1.54) is 0 Å². The average molecular weight is 227 g/mol. The molecule has 2 unspecified atom stereocenters. The first-order chi connectivity index (χ1) is 7.56. The van der Waals surface area contributed by atoms with Gasteiger partial charge in [-0.1, -0.05) is 6.92 Å². The molecule has 3 N–H and O–H groups in total. The summed E-state index contributed by atoms with van der Waals surface area (Å²) in [7, 11) is 4.16. The molecule has 1 aliphatic heterocycles. The second-order valence-corrected chi connectivity index (χ2v) is 4.80. The molecule has 2 atom stereocenters. The highest BCUT2D eigenvalue weighted by Gasteiger charge is 2.37. The number of nitrogens with one attached hydrogen (secondary N) is 1. The lowest BCUT2D eigenvalue weighted by Gasteiger charge is -2.43. The molecule has 0 saturated carbocycles. The van der Waals surface area contributed by atoms with E-state index in [0.29, 0.717) is 0 Å². The summed E-state index contributed by atoms with van der Waals surface area (Å²) in [5.41, 5.74) is 2.88. The molecule has 0 amide bonds. The Morgan fingerprint density at radius 3 is 2.69 bits per heavy atom. The molecule has 0 aromatic carbocycles. The van der Waals surface area contributed by atoms with Crippen LogP contribution in [0.4, 0.5) is 0 Å². The van der Waals surface area contributed by atoms with E-state index in [1.807, 2.05) is 0 Å². The molecule has 0 bridgehead atoms. The molecule has 1 aliphatic rings. The van der Waals surface area contributed by atoms with Crippen LogP contribution >= 0.6 is 0 Å². The van der Waals surface area contributed by atoms with Gasteiger partial charge in [0, 0.05) is 5.54 Å². The Labute approximate surface area is 98.8 Å². The number of nitrogens with two attached hydrogens (primary N) is 1. The molecule has 4 nitrogen and oxygen atoms in total. The number of allylic oxidation sites excluding steroid dienone is 1. The van der Waals surface area contributed by atoms with Crippen molar-refractivity contribution in [2.45, 2.75) is 44.7 Å². The van der Waals surface area contributed by atoms with Gasteiger partial charge < -0.3 is 9.64 Å². The van der Waals surface area contributed by atoms with E-state index < -0.39 is 0 Å². The summed E-state index contributed by atoms with van der Waals surface area (Å²) in [4.78, 5) is 2.20. The molecule has 0 aromatic heterocycles. The minimum absolute atomic E-state index is 0.0298. The summed E-state index contributed by atoms with van der Waals surface area (Å²) in [5.74, 6) is 6.70. The molecule has 16 heavy (non-hydrogen) atoms. The quantitative estimate of drug-likeness (QED) is 0.548. The Morgan fingerprint density at radius 2 is 2.31 bits per heavy atom. The number of hydrogen-bond donors (Lipinski definition) is 2. The minimum atomic E-state index is -0.0298. The first kappa shape index (κ1) is 13.5. The van der Waals surface area contributed by atoms with Gasteiger partial charge in [0.1, 0.15) is 5.76 Å². The van der Waals surface area contributed by atoms with Crippen molar-refractivity contribution in [2.75, 3.05) is 20.7 Å². The zero-order chi connectivity index (χ0) is 12.2. The summed E-state index contributed by atoms with van der Waals surface area (Å²) in [6, 6.07) is 0.0489. The molecule has 0 aliphatic carbocycles. The van der Waals surface area contributed by atoms with Crippen molar-refractivity contribution in [1.29, 1.82) is 0 Å². The molecule has 94 valence electrons. The Balaban J connectivity index is 2.90. The Morgan fingerprint density at radius 1 is 1.62 bits per heavy atom. The third-order valence-electron chi connectivity index (χ3n) is 3.77. The van der Waals surface area contributed by atoms with Crippen LogP contribution in [-0.2, 0) is 4.74 Å². The molecule has 4 heteroatoms. The Bertz CT molecular complexity index is 253. The van der Waals surface area contributed by atoms with E-state index in [0.717, 1.165) is 31.6 Å². The van der Waals surface area contributed by atoms with Crippen molar-refractivity contribution in [2.24, 2.45) is 5.84 Å². The number of ether oxygens (including phenoxy) is 1.